The van der Waals surface area contributed by atoms with Gasteiger partial charge >= 0.3 is 5.63 Å². The van der Waals surface area contributed by atoms with Crippen molar-refractivity contribution in [3.63, 3.8) is 0 Å². The van der Waals surface area contributed by atoms with Gasteiger partial charge in [0.05, 0.1) is 18.1 Å². The molecule has 3 aromatic rings. The minimum atomic E-state index is -0.452. The van der Waals surface area contributed by atoms with Gasteiger partial charge in [0.1, 0.15) is 11.5 Å². The fourth-order valence-corrected chi connectivity index (χ4v) is 2.50. The Balaban J connectivity index is 2.35. The average molecular weight is 294 g/mol. The number of fused-ring (bicyclic) bond motifs is 1. The number of rotatable bonds is 3. The molecule has 2 aromatic carbocycles. The summed E-state index contributed by atoms with van der Waals surface area (Å²) in [7, 11) is 1.58. The zero-order valence-electron chi connectivity index (χ0n) is 12.3. The molecule has 1 heterocycles. The molecule has 0 aliphatic carbocycles. The van der Waals surface area contributed by atoms with Gasteiger partial charge in [-0.15, -0.1) is 0 Å². The Labute approximate surface area is 127 Å². The smallest absolute Gasteiger partial charge is 0.344 e. The van der Waals surface area contributed by atoms with Gasteiger partial charge in [-0.1, -0.05) is 18.2 Å². The first-order valence-corrected chi connectivity index (χ1v) is 6.83. The van der Waals surface area contributed by atoms with Gasteiger partial charge < -0.3 is 9.15 Å². The van der Waals surface area contributed by atoms with Crippen molar-refractivity contribution in [3.8, 4) is 17.1 Å². The monoisotopic (exact) mass is 294 g/mol. The molecule has 1 aromatic heterocycles. The van der Waals surface area contributed by atoms with Crippen LogP contribution in [0.15, 0.2) is 57.7 Å². The van der Waals surface area contributed by atoms with Crippen molar-refractivity contribution in [3.05, 3.63) is 64.5 Å². The maximum Gasteiger partial charge on any atom is 0.344 e. The molecular weight excluding hydrogens is 280 g/mol. The molecule has 4 heteroatoms. The second-order valence-corrected chi connectivity index (χ2v) is 4.92. The van der Waals surface area contributed by atoms with Crippen LogP contribution in [-0.2, 0) is 0 Å². The van der Waals surface area contributed by atoms with E-state index in [4.69, 9.17) is 9.15 Å². The second kappa shape index (κ2) is 5.48. The van der Waals surface area contributed by atoms with E-state index in [2.05, 4.69) is 0 Å². The first kappa shape index (κ1) is 14.1. The van der Waals surface area contributed by atoms with Crippen LogP contribution in [0.4, 0.5) is 0 Å². The summed E-state index contributed by atoms with van der Waals surface area (Å²) in [5, 5.41) is 1.02. The predicted molar refractivity (Wildman–Crippen MR) is 84.5 cm³/mol. The lowest BCUT2D eigenvalue weighted by atomic mass is 9.99. The second-order valence-electron chi connectivity index (χ2n) is 4.92. The average Bonchev–Trinajstić information content (AvgIpc) is 2.54. The van der Waals surface area contributed by atoms with Crippen LogP contribution < -0.4 is 10.4 Å². The van der Waals surface area contributed by atoms with E-state index < -0.39 is 5.63 Å². The molecule has 22 heavy (non-hydrogen) atoms. The summed E-state index contributed by atoms with van der Waals surface area (Å²) in [5.41, 5.74) is 0.626. The summed E-state index contributed by atoms with van der Waals surface area (Å²) in [6.07, 6.45) is 0. The minimum Gasteiger partial charge on any atom is -0.497 e. The minimum absolute atomic E-state index is 0.147. The molecule has 0 atom stereocenters. The maximum absolute atomic E-state index is 12.2. The van der Waals surface area contributed by atoms with Crippen molar-refractivity contribution in [2.75, 3.05) is 7.11 Å². The predicted octanol–water partition coefficient (Wildman–Crippen LogP) is 3.67. The Morgan fingerprint density at radius 1 is 1.00 bits per heavy atom. The van der Waals surface area contributed by atoms with E-state index in [1.165, 1.54) is 6.92 Å². The molecule has 110 valence electrons. The summed E-state index contributed by atoms with van der Waals surface area (Å²) in [6, 6.07) is 14.0. The molecule has 0 spiro atoms. The molecule has 3 rings (SSSR count). The first-order chi connectivity index (χ1) is 10.6. The number of carbonyl (C=O) groups excluding carboxylic acids is 1. The third-order valence-corrected chi connectivity index (χ3v) is 3.54. The van der Waals surface area contributed by atoms with Crippen LogP contribution in [0.5, 0.6) is 5.75 Å². The maximum atomic E-state index is 12.2. The fraction of sp³-hybridized carbons (Fsp3) is 0.111. The van der Waals surface area contributed by atoms with Crippen molar-refractivity contribution in [1.29, 1.82) is 0 Å². The Kier molecular flexibility index (Phi) is 3.51. The van der Waals surface area contributed by atoms with Crippen LogP contribution >= 0.6 is 0 Å². The molecule has 0 unspecified atom stereocenters. The Hall–Kier alpha value is -2.88. The van der Waals surface area contributed by atoms with Gasteiger partial charge in [-0.2, -0.15) is 0 Å². The highest BCUT2D eigenvalue weighted by atomic mass is 16.5. The van der Waals surface area contributed by atoms with Crippen LogP contribution in [0.3, 0.4) is 0 Å². The number of Topliss-reactive ketones (excluding diaryl/α,β-unsaturated/α-hetero) is 1. The van der Waals surface area contributed by atoms with Crippen LogP contribution in [-0.4, -0.2) is 12.9 Å². The van der Waals surface area contributed by atoms with Gasteiger partial charge in [-0.25, -0.2) is 4.79 Å². The quantitative estimate of drug-likeness (QED) is 0.692. The lowest BCUT2D eigenvalue weighted by Crippen LogP contribution is -2.07. The Bertz CT molecular complexity index is 905. The number of carbonyl (C=O) groups is 1. The van der Waals surface area contributed by atoms with E-state index in [1.54, 1.807) is 55.6 Å². The highest BCUT2D eigenvalue weighted by molar-refractivity contribution is 6.10. The van der Waals surface area contributed by atoms with Crippen molar-refractivity contribution in [2.24, 2.45) is 0 Å². The molecule has 0 N–H and O–H groups in total. The summed E-state index contributed by atoms with van der Waals surface area (Å²) in [6.45, 7) is 1.47. The molecule has 0 amide bonds. The van der Waals surface area contributed by atoms with E-state index in [-0.39, 0.29) is 5.78 Å². The fourth-order valence-electron chi connectivity index (χ4n) is 2.50. The lowest BCUT2D eigenvalue weighted by Gasteiger charge is -2.09. The molecule has 0 saturated heterocycles. The van der Waals surface area contributed by atoms with E-state index >= 15 is 0 Å². The van der Waals surface area contributed by atoms with Gasteiger partial charge in [-0.3, -0.25) is 4.79 Å². The topological polar surface area (TPSA) is 56.5 Å². The first-order valence-electron chi connectivity index (χ1n) is 6.83. The molecule has 0 bridgehead atoms. The standard InChI is InChI=1S/C18H14O4/c1-11(19)16-14-5-3-4-6-15(14)18(20)22-17(16)12-7-9-13(21-2)10-8-12/h3-10H,1-2H3. The molecule has 0 saturated carbocycles. The highest BCUT2D eigenvalue weighted by Crippen LogP contribution is 2.29. The Morgan fingerprint density at radius 3 is 2.23 bits per heavy atom. The van der Waals surface area contributed by atoms with E-state index in [0.717, 1.165) is 0 Å². The van der Waals surface area contributed by atoms with Crippen LogP contribution in [0, 0.1) is 0 Å². The molecule has 0 radical (unpaired) electrons. The van der Waals surface area contributed by atoms with E-state index in [0.29, 0.717) is 33.4 Å². The van der Waals surface area contributed by atoms with Gasteiger partial charge in [0.15, 0.2) is 5.78 Å². The van der Waals surface area contributed by atoms with Crippen molar-refractivity contribution in [1.82, 2.24) is 0 Å². The van der Waals surface area contributed by atoms with Gasteiger partial charge in [0.25, 0.3) is 0 Å². The van der Waals surface area contributed by atoms with Crippen LogP contribution in [0.1, 0.15) is 17.3 Å². The zero-order valence-corrected chi connectivity index (χ0v) is 12.3. The van der Waals surface area contributed by atoms with Crippen molar-refractivity contribution >= 4 is 16.6 Å². The van der Waals surface area contributed by atoms with Gasteiger partial charge in [-0.05, 0) is 37.3 Å². The van der Waals surface area contributed by atoms with Gasteiger partial charge in [0, 0.05) is 10.9 Å². The summed E-state index contributed by atoms with van der Waals surface area (Å²) in [4.78, 5) is 24.3. The van der Waals surface area contributed by atoms with E-state index in [9.17, 15) is 9.59 Å². The van der Waals surface area contributed by atoms with Crippen molar-refractivity contribution in [2.45, 2.75) is 6.92 Å². The molecule has 0 fully saturated rings. The van der Waals surface area contributed by atoms with Crippen LogP contribution in [0.25, 0.3) is 22.1 Å². The molecule has 0 aliphatic heterocycles. The molecule has 4 nitrogen and oxygen atoms in total. The lowest BCUT2D eigenvalue weighted by molar-refractivity contribution is 0.101. The molecule has 0 aliphatic rings. The largest absolute Gasteiger partial charge is 0.497 e. The van der Waals surface area contributed by atoms with Crippen molar-refractivity contribution < 1.29 is 13.9 Å². The molecular formula is C18H14O4. The SMILES string of the molecule is COc1ccc(-c2oc(=O)c3ccccc3c2C(C)=O)cc1. The number of benzene rings is 2. The van der Waals surface area contributed by atoms with E-state index in [1.807, 2.05) is 0 Å². The third kappa shape index (κ3) is 2.29. The normalized spacial score (nSPS) is 10.6. The number of ketones is 1. The summed E-state index contributed by atoms with van der Waals surface area (Å²) >= 11 is 0. The Morgan fingerprint density at radius 2 is 1.64 bits per heavy atom. The number of hydrogen-bond donors (Lipinski definition) is 0. The number of methoxy groups -OCH3 is 1. The number of hydrogen-bond acceptors (Lipinski definition) is 4. The summed E-state index contributed by atoms with van der Waals surface area (Å²) < 4.78 is 10.5. The number of ether oxygens (including phenoxy) is 1. The van der Waals surface area contributed by atoms with Crippen LogP contribution in [0.2, 0.25) is 0 Å². The third-order valence-electron chi connectivity index (χ3n) is 3.54. The zero-order chi connectivity index (χ0) is 15.7. The highest BCUT2D eigenvalue weighted by Gasteiger charge is 2.18. The summed E-state index contributed by atoms with van der Waals surface area (Å²) in [5.74, 6) is 0.834. The van der Waals surface area contributed by atoms with Gasteiger partial charge in [0.2, 0.25) is 0 Å².